The minimum atomic E-state index is -0.657. The fourth-order valence-electron chi connectivity index (χ4n) is 4.69. The molecule has 1 aromatic heterocycles. The average molecular weight is 455 g/mol. The highest BCUT2D eigenvalue weighted by Gasteiger charge is 2.26. The van der Waals surface area contributed by atoms with Gasteiger partial charge in [0.2, 0.25) is 5.95 Å². The first kappa shape index (κ1) is 21.8. The van der Waals surface area contributed by atoms with E-state index in [0.29, 0.717) is 12.0 Å². The molecule has 2 saturated heterocycles. The summed E-state index contributed by atoms with van der Waals surface area (Å²) >= 11 is 0. The molecule has 1 N–H and O–H groups in total. The normalized spacial score (nSPS) is 18.0. The molecule has 0 aliphatic carbocycles. The van der Waals surface area contributed by atoms with Crippen molar-refractivity contribution >= 4 is 17.3 Å². The molecule has 2 fully saturated rings. The topological polar surface area (TPSA) is 58.5 Å². The molecule has 0 radical (unpaired) electrons. The van der Waals surface area contributed by atoms with E-state index in [0.717, 1.165) is 69.6 Å². The van der Waals surface area contributed by atoms with E-state index in [9.17, 15) is 8.78 Å². The van der Waals surface area contributed by atoms with Gasteiger partial charge < -0.3 is 15.0 Å². The van der Waals surface area contributed by atoms with Crippen LogP contribution >= 0.6 is 0 Å². The Hall–Kier alpha value is -3.04. The smallest absolute Gasteiger partial charge is 0.246 e. The largest absolute Gasteiger partial charge is 0.379 e. The standard InChI is InChI=1S/C24H28F2N6O/c1-17-10-20(28-24-27-16-32(29-24)23-13-18(25)12-19(26)14-23)15-22(11-17)30-4-2-21(3-5-30)31-6-8-33-9-7-31/h10-16,21H,2-9H2,1H3,(H,28,29). The first-order chi connectivity index (χ1) is 16.0. The van der Waals surface area contributed by atoms with Crippen molar-refractivity contribution in [3.05, 3.63) is 59.9 Å². The van der Waals surface area contributed by atoms with Crippen molar-refractivity contribution in [3.8, 4) is 5.69 Å². The number of benzene rings is 2. The van der Waals surface area contributed by atoms with Gasteiger partial charge in [0.05, 0.1) is 18.9 Å². The molecule has 0 amide bonds. The Morgan fingerprint density at radius 1 is 0.909 bits per heavy atom. The summed E-state index contributed by atoms with van der Waals surface area (Å²) in [7, 11) is 0. The summed E-state index contributed by atoms with van der Waals surface area (Å²) in [6.45, 7) is 7.84. The van der Waals surface area contributed by atoms with Crippen molar-refractivity contribution in [3.63, 3.8) is 0 Å². The Morgan fingerprint density at radius 3 is 2.36 bits per heavy atom. The molecule has 9 heteroatoms. The van der Waals surface area contributed by atoms with E-state index in [-0.39, 0.29) is 5.69 Å². The van der Waals surface area contributed by atoms with Crippen LogP contribution in [0.5, 0.6) is 0 Å². The van der Waals surface area contributed by atoms with Crippen LogP contribution in [0.3, 0.4) is 0 Å². The molecule has 0 atom stereocenters. The van der Waals surface area contributed by atoms with Gasteiger partial charge in [-0.05, 0) is 55.7 Å². The molecule has 7 nitrogen and oxygen atoms in total. The average Bonchev–Trinajstić information content (AvgIpc) is 3.27. The number of aryl methyl sites for hydroxylation is 1. The van der Waals surface area contributed by atoms with Gasteiger partial charge in [-0.2, -0.15) is 4.98 Å². The van der Waals surface area contributed by atoms with Gasteiger partial charge in [-0.15, -0.1) is 5.10 Å². The molecule has 2 aliphatic rings. The molecule has 5 rings (SSSR count). The van der Waals surface area contributed by atoms with E-state index < -0.39 is 11.6 Å². The van der Waals surface area contributed by atoms with Crippen LogP contribution in [-0.2, 0) is 4.74 Å². The zero-order valence-corrected chi connectivity index (χ0v) is 18.7. The Balaban J connectivity index is 1.26. The zero-order valence-electron chi connectivity index (χ0n) is 18.7. The highest BCUT2D eigenvalue weighted by Crippen LogP contribution is 2.28. The number of ether oxygens (including phenoxy) is 1. The maximum absolute atomic E-state index is 13.5. The van der Waals surface area contributed by atoms with Crippen LogP contribution in [-0.4, -0.2) is 65.1 Å². The molecule has 0 spiro atoms. The van der Waals surface area contributed by atoms with Gasteiger partial charge in [0.15, 0.2) is 0 Å². The fraction of sp³-hybridized carbons (Fsp3) is 0.417. The highest BCUT2D eigenvalue weighted by molar-refractivity contribution is 5.64. The Bertz CT molecular complexity index is 1090. The lowest BCUT2D eigenvalue weighted by atomic mass is 10.0. The number of nitrogens with one attached hydrogen (secondary N) is 1. The van der Waals surface area contributed by atoms with E-state index in [1.807, 2.05) is 6.07 Å². The maximum Gasteiger partial charge on any atom is 0.246 e. The summed E-state index contributed by atoms with van der Waals surface area (Å²) in [6.07, 6.45) is 3.73. The van der Waals surface area contributed by atoms with Crippen LogP contribution in [0.25, 0.3) is 5.69 Å². The summed E-state index contributed by atoms with van der Waals surface area (Å²) in [6, 6.07) is 10.2. The van der Waals surface area contributed by atoms with Gasteiger partial charge in [0.1, 0.15) is 18.0 Å². The Kier molecular flexibility index (Phi) is 6.24. The van der Waals surface area contributed by atoms with Crippen LogP contribution in [0.1, 0.15) is 18.4 Å². The number of hydrogen-bond acceptors (Lipinski definition) is 6. The zero-order chi connectivity index (χ0) is 22.8. The monoisotopic (exact) mass is 454 g/mol. The third kappa shape index (κ3) is 5.15. The van der Waals surface area contributed by atoms with Gasteiger partial charge in [-0.3, -0.25) is 4.90 Å². The minimum absolute atomic E-state index is 0.279. The first-order valence-corrected chi connectivity index (χ1v) is 11.4. The fourth-order valence-corrected chi connectivity index (χ4v) is 4.69. The minimum Gasteiger partial charge on any atom is -0.379 e. The lowest BCUT2D eigenvalue weighted by molar-refractivity contribution is 0.0115. The van der Waals surface area contributed by atoms with Crippen LogP contribution in [0, 0.1) is 18.6 Å². The second-order valence-corrected chi connectivity index (χ2v) is 8.69. The van der Waals surface area contributed by atoms with Crippen molar-refractivity contribution in [1.82, 2.24) is 19.7 Å². The summed E-state index contributed by atoms with van der Waals surface area (Å²) in [4.78, 5) is 9.24. The van der Waals surface area contributed by atoms with Crippen molar-refractivity contribution in [2.75, 3.05) is 49.6 Å². The summed E-state index contributed by atoms with van der Waals surface area (Å²) < 4.78 is 33.9. The van der Waals surface area contributed by atoms with Gasteiger partial charge in [-0.25, -0.2) is 13.5 Å². The number of nitrogens with zero attached hydrogens (tertiary/aromatic N) is 5. The molecule has 0 unspecified atom stereocenters. The lowest BCUT2D eigenvalue weighted by Crippen LogP contribution is -2.49. The molecular weight excluding hydrogens is 426 g/mol. The van der Waals surface area contributed by atoms with Gasteiger partial charge in [0.25, 0.3) is 0 Å². The van der Waals surface area contributed by atoms with Crippen LogP contribution in [0.15, 0.2) is 42.7 Å². The molecule has 3 heterocycles. The van der Waals surface area contributed by atoms with Crippen molar-refractivity contribution in [2.24, 2.45) is 0 Å². The quantitative estimate of drug-likeness (QED) is 0.631. The number of anilines is 3. The van der Waals surface area contributed by atoms with Crippen LogP contribution in [0.2, 0.25) is 0 Å². The van der Waals surface area contributed by atoms with Crippen molar-refractivity contribution < 1.29 is 13.5 Å². The van der Waals surface area contributed by atoms with E-state index in [1.54, 1.807) is 0 Å². The Morgan fingerprint density at radius 2 is 1.64 bits per heavy atom. The Labute approximate surface area is 192 Å². The number of hydrogen-bond donors (Lipinski definition) is 1. The van der Waals surface area contributed by atoms with Crippen LogP contribution < -0.4 is 10.2 Å². The third-order valence-electron chi connectivity index (χ3n) is 6.31. The van der Waals surface area contributed by atoms with Gasteiger partial charge >= 0.3 is 0 Å². The first-order valence-electron chi connectivity index (χ1n) is 11.4. The van der Waals surface area contributed by atoms with Gasteiger partial charge in [-0.1, -0.05) is 0 Å². The third-order valence-corrected chi connectivity index (χ3v) is 6.31. The number of halogens is 2. The van der Waals surface area contributed by atoms with Crippen LogP contribution in [0.4, 0.5) is 26.1 Å². The number of morpholine rings is 1. The van der Waals surface area contributed by atoms with E-state index in [2.05, 4.69) is 44.3 Å². The summed E-state index contributed by atoms with van der Waals surface area (Å²) in [5.74, 6) is -0.950. The molecule has 0 bridgehead atoms. The SMILES string of the molecule is Cc1cc(Nc2ncn(-c3cc(F)cc(F)c3)n2)cc(N2CCC(N3CCOCC3)CC2)c1. The molecule has 33 heavy (non-hydrogen) atoms. The second kappa shape index (κ2) is 9.44. The van der Waals surface area contributed by atoms with Crippen molar-refractivity contribution in [1.29, 1.82) is 0 Å². The predicted octanol–water partition coefficient (Wildman–Crippen LogP) is 3.90. The second-order valence-electron chi connectivity index (χ2n) is 8.69. The highest BCUT2D eigenvalue weighted by atomic mass is 19.1. The van der Waals surface area contributed by atoms with Crippen molar-refractivity contribution in [2.45, 2.75) is 25.8 Å². The van der Waals surface area contributed by atoms with E-state index in [4.69, 9.17) is 4.74 Å². The van der Waals surface area contributed by atoms with E-state index in [1.165, 1.54) is 28.8 Å². The number of piperidine rings is 1. The maximum atomic E-state index is 13.5. The number of rotatable bonds is 5. The summed E-state index contributed by atoms with van der Waals surface area (Å²) in [5, 5.41) is 7.55. The lowest BCUT2D eigenvalue weighted by Gasteiger charge is -2.41. The predicted molar refractivity (Wildman–Crippen MR) is 123 cm³/mol. The molecule has 3 aromatic rings. The molecule has 2 aromatic carbocycles. The number of aromatic nitrogens is 3. The summed E-state index contributed by atoms with van der Waals surface area (Å²) in [5.41, 5.74) is 3.46. The molecule has 174 valence electrons. The van der Waals surface area contributed by atoms with Gasteiger partial charge in [0, 0.05) is 49.7 Å². The molecule has 2 aliphatic heterocycles. The van der Waals surface area contributed by atoms with E-state index >= 15 is 0 Å². The molecular formula is C24H28F2N6O. The molecule has 0 saturated carbocycles.